The van der Waals surface area contributed by atoms with Crippen molar-refractivity contribution < 1.29 is 26.2 Å². The van der Waals surface area contributed by atoms with Crippen molar-refractivity contribution in [2.75, 3.05) is 0 Å². The molecule has 0 aromatic heterocycles. The van der Waals surface area contributed by atoms with Crippen LogP contribution in [0.5, 0.6) is 0 Å². The predicted molar refractivity (Wildman–Crippen MR) is 119 cm³/mol. The summed E-state index contributed by atoms with van der Waals surface area (Å²) >= 11 is 0. The molecule has 0 radical (unpaired) electrons. The van der Waals surface area contributed by atoms with Gasteiger partial charge >= 0.3 is 26.2 Å². The SMILES string of the molecule is C[Si](C)(C)CC1=[C-]CC=C1.Cl.Cl.[Zr+2].c1ccc([CH-]c2ccccc2)cc1. The van der Waals surface area contributed by atoms with Crippen molar-refractivity contribution in [2.45, 2.75) is 32.1 Å². The zero-order chi connectivity index (χ0) is 16.5. The third-order valence-corrected chi connectivity index (χ3v) is 4.86. The van der Waals surface area contributed by atoms with Crippen LogP contribution in [-0.2, 0) is 26.2 Å². The Bertz CT molecular complexity index is 609. The predicted octanol–water partition coefficient (Wildman–Crippen LogP) is 7.14. The first-order valence-corrected chi connectivity index (χ1v) is 11.9. The fourth-order valence-electron chi connectivity index (χ4n) is 2.43. The zero-order valence-corrected chi connectivity index (χ0v) is 20.8. The molecule has 1 aliphatic carbocycles. The van der Waals surface area contributed by atoms with E-state index >= 15 is 0 Å². The third-order valence-electron chi connectivity index (χ3n) is 3.42. The molecule has 1 aliphatic rings. The number of allylic oxidation sites excluding steroid dienone is 4. The van der Waals surface area contributed by atoms with E-state index in [0.29, 0.717) is 0 Å². The molecule has 0 atom stereocenters. The molecule has 0 saturated carbocycles. The van der Waals surface area contributed by atoms with Crippen LogP contribution in [0.25, 0.3) is 0 Å². The maximum Gasteiger partial charge on any atom is 2.00 e. The van der Waals surface area contributed by atoms with Crippen molar-refractivity contribution in [3.05, 3.63) is 102 Å². The van der Waals surface area contributed by atoms with E-state index in [1.165, 1.54) is 22.7 Å². The summed E-state index contributed by atoms with van der Waals surface area (Å²) in [6.07, 6.45) is 11.0. The van der Waals surface area contributed by atoms with Gasteiger partial charge in [-0.1, -0.05) is 62.1 Å². The van der Waals surface area contributed by atoms with Crippen LogP contribution in [0.3, 0.4) is 0 Å². The summed E-state index contributed by atoms with van der Waals surface area (Å²) in [5.41, 5.74) is 3.93. The van der Waals surface area contributed by atoms with Gasteiger partial charge < -0.3 is 0 Å². The Morgan fingerprint density at radius 3 is 1.65 bits per heavy atom. The van der Waals surface area contributed by atoms with Gasteiger partial charge in [0.15, 0.2) is 0 Å². The first kappa shape index (κ1) is 27.7. The molecule has 4 heteroatoms. The second-order valence-electron chi connectivity index (χ2n) is 7.01. The van der Waals surface area contributed by atoms with Gasteiger partial charge in [0.05, 0.1) is 0 Å². The van der Waals surface area contributed by atoms with Crippen LogP contribution in [0.15, 0.2) is 78.4 Å². The fourth-order valence-corrected chi connectivity index (χ4v) is 3.82. The fraction of sp³-hybridized carbons (Fsp3) is 0.227. The number of hydrogen-bond donors (Lipinski definition) is 0. The average Bonchev–Trinajstić information content (AvgIpc) is 3.01. The quantitative estimate of drug-likeness (QED) is 0.321. The van der Waals surface area contributed by atoms with Gasteiger partial charge in [0.25, 0.3) is 0 Å². The van der Waals surface area contributed by atoms with Crippen molar-refractivity contribution in [3.8, 4) is 0 Å². The summed E-state index contributed by atoms with van der Waals surface area (Å²) in [7, 11) is -0.873. The van der Waals surface area contributed by atoms with E-state index in [-0.39, 0.29) is 51.0 Å². The molecule has 0 heterocycles. The van der Waals surface area contributed by atoms with Crippen LogP contribution in [0.2, 0.25) is 25.7 Å². The smallest absolute Gasteiger partial charge is 0.270 e. The largest absolute Gasteiger partial charge is 2.00 e. The van der Waals surface area contributed by atoms with Crippen LogP contribution in [-0.4, -0.2) is 8.07 Å². The monoisotopic (exact) mass is 480 g/mol. The molecule has 0 amide bonds. The molecule has 138 valence electrons. The molecule has 0 aliphatic heterocycles. The van der Waals surface area contributed by atoms with Crippen LogP contribution >= 0.6 is 24.8 Å². The molecule has 2 aromatic carbocycles. The Balaban J connectivity index is 0. The van der Waals surface area contributed by atoms with E-state index in [4.69, 9.17) is 0 Å². The van der Waals surface area contributed by atoms with Crippen LogP contribution < -0.4 is 0 Å². The number of hydrogen-bond acceptors (Lipinski definition) is 0. The van der Waals surface area contributed by atoms with Gasteiger partial charge in [0, 0.05) is 8.07 Å². The van der Waals surface area contributed by atoms with E-state index in [0.717, 1.165) is 6.42 Å². The minimum Gasteiger partial charge on any atom is -0.270 e. The van der Waals surface area contributed by atoms with Crippen molar-refractivity contribution >= 4 is 32.9 Å². The molecule has 0 unspecified atom stereocenters. The Morgan fingerprint density at radius 1 is 0.846 bits per heavy atom. The van der Waals surface area contributed by atoms with Crippen LogP contribution in [0, 0.1) is 12.5 Å². The summed E-state index contributed by atoms with van der Waals surface area (Å²) in [6.45, 7) is 7.19. The first-order valence-electron chi connectivity index (χ1n) is 8.24. The molecule has 26 heavy (non-hydrogen) atoms. The maximum atomic E-state index is 3.35. The molecule has 0 saturated heterocycles. The minimum atomic E-state index is -0.873. The van der Waals surface area contributed by atoms with Gasteiger partial charge in [-0.25, -0.2) is 11.6 Å². The molecular formula is C22H28Cl2SiZr. The van der Waals surface area contributed by atoms with Crippen molar-refractivity contribution in [1.29, 1.82) is 0 Å². The van der Waals surface area contributed by atoms with Gasteiger partial charge in [0.2, 0.25) is 0 Å². The molecular weight excluding hydrogens is 454 g/mol. The van der Waals surface area contributed by atoms with E-state index in [2.05, 4.69) is 92.8 Å². The zero-order valence-electron chi connectivity index (χ0n) is 15.7. The van der Waals surface area contributed by atoms with Crippen LogP contribution in [0.4, 0.5) is 0 Å². The Labute approximate surface area is 192 Å². The summed E-state index contributed by atoms with van der Waals surface area (Å²) in [6, 6.07) is 22.0. The number of benzene rings is 2. The normalized spacial score (nSPS) is 11.6. The van der Waals surface area contributed by atoms with Gasteiger partial charge in [-0.05, 0) is 0 Å². The molecule has 0 N–H and O–H groups in total. The van der Waals surface area contributed by atoms with Gasteiger partial charge in [-0.2, -0.15) is 6.08 Å². The summed E-state index contributed by atoms with van der Waals surface area (Å²) in [5.74, 6) is 0. The maximum absolute atomic E-state index is 3.35. The van der Waals surface area contributed by atoms with Crippen molar-refractivity contribution in [1.82, 2.24) is 0 Å². The Hall–Kier alpha value is -0.530. The van der Waals surface area contributed by atoms with Crippen molar-refractivity contribution in [2.24, 2.45) is 0 Å². The van der Waals surface area contributed by atoms with Gasteiger partial charge in [-0.3, -0.25) is 6.08 Å². The van der Waals surface area contributed by atoms with E-state index in [1.54, 1.807) is 0 Å². The van der Waals surface area contributed by atoms with E-state index in [9.17, 15) is 0 Å². The average molecular weight is 483 g/mol. The molecule has 0 spiro atoms. The van der Waals surface area contributed by atoms with E-state index < -0.39 is 8.07 Å². The van der Waals surface area contributed by atoms with Crippen molar-refractivity contribution in [3.63, 3.8) is 0 Å². The Kier molecular flexibility index (Phi) is 15.5. The number of rotatable bonds is 4. The van der Waals surface area contributed by atoms with Crippen LogP contribution in [0.1, 0.15) is 17.5 Å². The minimum absolute atomic E-state index is 0. The second-order valence-corrected chi connectivity index (χ2v) is 12.5. The molecule has 2 aromatic rings. The molecule has 3 rings (SSSR count). The number of halogens is 2. The topological polar surface area (TPSA) is 0 Å². The van der Waals surface area contributed by atoms with E-state index in [1.807, 2.05) is 12.1 Å². The standard InChI is InChI=1S/C13H11.C9H15Si.2ClH.Zr/c1-3-7-12(8-4-1)11-13-9-5-2-6-10-13;1-10(2,3)8-9-6-4-5-7-9;;;/h1-11H;4,6H,5,8H2,1-3H3;2*1H;/q2*-1;;;+2. The summed E-state index contributed by atoms with van der Waals surface area (Å²) in [4.78, 5) is 0. The first-order chi connectivity index (χ1) is 11.0. The molecule has 0 fully saturated rings. The summed E-state index contributed by atoms with van der Waals surface area (Å²) < 4.78 is 0. The van der Waals surface area contributed by atoms with Gasteiger partial charge in [0.1, 0.15) is 0 Å². The van der Waals surface area contributed by atoms with Gasteiger partial charge in [-0.15, -0.1) is 73.0 Å². The Morgan fingerprint density at radius 2 is 1.31 bits per heavy atom. The third kappa shape index (κ3) is 12.0. The second kappa shape index (κ2) is 14.5. The molecule has 0 bridgehead atoms. The summed E-state index contributed by atoms with van der Waals surface area (Å²) in [5, 5.41) is 0. The molecule has 0 nitrogen and oxygen atoms in total.